The summed E-state index contributed by atoms with van der Waals surface area (Å²) in [5.74, 6) is 0. The number of hydrogen-bond acceptors (Lipinski definition) is 2. The molecule has 0 saturated heterocycles. The lowest BCUT2D eigenvalue weighted by Gasteiger charge is -2.12. The minimum atomic E-state index is 0.458. The molecule has 0 aliphatic rings. The highest BCUT2D eigenvalue weighted by Gasteiger charge is 2.05. The molecule has 0 heterocycles. The predicted molar refractivity (Wildman–Crippen MR) is 80.1 cm³/mol. The Labute approximate surface area is 117 Å². The molecule has 0 spiro atoms. The molecule has 2 nitrogen and oxygen atoms in total. The van der Waals surface area contributed by atoms with Crippen LogP contribution in [0.5, 0.6) is 0 Å². The van der Waals surface area contributed by atoms with Gasteiger partial charge in [-0.2, -0.15) is 0 Å². The van der Waals surface area contributed by atoms with Crippen LogP contribution in [0, 0.1) is 13.8 Å². The lowest BCUT2D eigenvalue weighted by molar-refractivity contribution is 1.34. The molecule has 0 aromatic heterocycles. The number of nitrogen functional groups attached to an aromatic ring is 1. The molecule has 94 valence electrons. The minimum Gasteiger partial charge on any atom is -0.397 e. The molecule has 0 aliphatic heterocycles. The Morgan fingerprint density at radius 2 is 1.61 bits per heavy atom. The number of benzene rings is 2. The zero-order valence-electron chi connectivity index (χ0n) is 10.2. The maximum atomic E-state index is 5.98. The molecule has 2 aromatic rings. The number of aryl methyl sites for hydroxylation is 2. The molecular weight excluding hydrogens is 267 g/mol. The Kier molecular flexibility index (Phi) is 3.69. The fourth-order valence-corrected chi connectivity index (χ4v) is 1.98. The molecule has 2 rings (SSSR count). The van der Waals surface area contributed by atoms with Crippen LogP contribution >= 0.6 is 23.2 Å². The predicted octanol–water partition coefficient (Wildman–Crippen LogP) is 4.94. The van der Waals surface area contributed by atoms with Crippen LogP contribution < -0.4 is 11.1 Å². The summed E-state index contributed by atoms with van der Waals surface area (Å²) in [5.41, 5.74) is 10.7. The second-order valence-corrected chi connectivity index (χ2v) is 5.09. The average molecular weight is 281 g/mol. The zero-order chi connectivity index (χ0) is 13.3. The highest BCUT2D eigenvalue weighted by atomic mass is 35.5. The molecule has 4 heteroatoms. The van der Waals surface area contributed by atoms with Crippen molar-refractivity contribution in [3.8, 4) is 0 Å². The van der Waals surface area contributed by atoms with Crippen LogP contribution in [0.25, 0.3) is 0 Å². The molecule has 0 bridgehead atoms. The quantitative estimate of drug-likeness (QED) is 0.765. The van der Waals surface area contributed by atoms with E-state index in [4.69, 9.17) is 28.9 Å². The molecule has 18 heavy (non-hydrogen) atoms. The summed E-state index contributed by atoms with van der Waals surface area (Å²) < 4.78 is 0. The summed E-state index contributed by atoms with van der Waals surface area (Å²) in [4.78, 5) is 0. The SMILES string of the molecule is Cc1ccc(Nc2cc(Cl)c(Cl)cc2N)cc1C. The monoisotopic (exact) mass is 280 g/mol. The van der Waals surface area contributed by atoms with Gasteiger partial charge in [0, 0.05) is 5.69 Å². The van der Waals surface area contributed by atoms with E-state index in [9.17, 15) is 0 Å². The number of hydrogen-bond donors (Lipinski definition) is 2. The second-order valence-electron chi connectivity index (χ2n) is 4.28. The largest absolute Gasteiger partial charge is 0.397 e. The van der Waals surface area contributed by atoms with Gasteiger partial charge in [0.1, 0.15) is 0 Å². The summed E-state index contributed by atoms with van der Waals surface area (Å²) in [6.07, 6.45) is 0. The first kappa shape index (κ1) is 13.1. The van der Waals surface area contributed by atoms with Crippen LogP contribution in [0.2, 0.25) is 10.0 Å². The zero-order valence-corrected chi connectivity index (χ0v) is 11.7. The topological polar surface area (TPSA) is 38.0 Å². The van der Waals surface area contributed by atoms with Crippen molar-refractivity contribution >= 4 is 40.3 Å². The number of rotatable bonds is 2. The smallest absolute Gasteiger partial charge is 0.0633 e. The van der Waals surface area contributed by atoms with E-state index in [1.165, 1.54) is 11.1 Å². The van der Waals surface area contributed by atoms with Gasteiger partial charge in [-0.25, -0.2) is 0 Å². The van der Waals surface area contributed by atoms with Crippen LogP contribution in [-0.2, 0) is 0 Å². The fraction of sp³-hybridized carbons (Fsp3) is 0.143. The van der Waals surface area contributed by atoms with Crippen molar-refractivity contribution < 1.29 is 0 Å². The Balaban J connectivity index is 2.34. The molecule has 0 amide bonds. The van der Waals surface area contributed by atoms with E-state index in [0.29, 0.717) is 15.7 Å². The number of anilines is 3. The Bertz CT molecular complexity index is 595. The first-order valence-electron chi connectivity index (χ1n) is 5.56. The third kappa shape index (κ3) is 2.71. The van der Waals surface area contributed by atoms with Gasteiger partial charge >= 0.3 is 0 Å². The van der Waals surface area contributed by atoms with E-state index in [2.05, 4.69) is 31.3 Å². The molecule has 3 N–H and O–H groups in total. The summed E-state index contributed by atoms with van der Waals surface area (Å²) in [6.45, 7) is 4.14. The van der Waals surface area contributed by atoms with Crippen molar-refractivity contribution in [1.29, 1.82) is 0 Å². The van der Waals surface area contributed by atoms with Crippen molar-refractivity contribution in [2.75, 3.05) is 11.1 Å². The molecule has 0 atom stereocenters. The lowest BCUT2D eigenvalue weighted by Crippen LogP contribution is -1.97. The molecule has 0 saturated carbocycles. The van der Waals surface area contributed by atoms with Crippen LogP contribution in [0.3, 0.4) is 0 Å². The van der Waals surface area contributed by atoms with Gasteiger partial charge < -0.3 is 11.1 Å². The number of nitrogens with two attached hydrogens (primary N) is 1. The van der Waals surface area contributed by atoms with Gasteiger partial charge in [0.05, 0.1) is 21.4 Å². The van der Waals surface area contributed by atoms with E-state index in [0.717, 1.165) is 11.4 Å². The molecule has 2 aromatic carbocycles. The van der Waals surface area contributed by atoms with Crippen molar-refractivity contribution in [1.82, 2.24) is 0 Å². The Morgan fingerprint density at radius 3 is 2.28 bits per heavy atom. The Hall–Kier alpha value is -1.38. The standard InChI is InChI=1S/C14H14Cl2N2/c1-8-3-4-10(5-9(8)2)18-14-7-12(16)11(15)6-13(14)17/h3-7,18H,17H2,1-2H3. The van der Waals surface area contributed by atoms with Crippen molar-refractivity contribution in [3.63, 3.8) is 0 Å². The Morgan fingerprint density at radius 1 is 0.944 bits per heavy atom. The molecule has 0 fully saturated rings. The summed E-state index contributed by atoms with van der Waals surface area (Å²) in [6, 6.07) is 9.51. The maximum absolute atomic E-state index is 5.98. The van der Waals surface area contributed by atoms with Crippen molar-refractivity contribution in [2.24, 2.45) is 0 Å². The second kappa shape index (κ2) is 5.09. The summed E-state index contributed by atoms with van der Waals surface area (Å²) >= 11 is 11.9. The van der Waals surface area contributed by atoms with E-state index >= 15 is 0 Å². The minimum absolute atomic E-state index is 0.458. The molecule has 0 radical (unpaired) electrons. The summed E-state index contributed by atoms with van der Waals surface area (Å²) in [5, 5.41) is 4.18. The number of halogens is 2. The van der Waals surface area contributed by atoms with Gasteiger partial charge in [0.15, 0.2) is 0 Å². The van der Waals surface area contributed by atoms with Gasteiger partial charge in [-0.15, -0.1) is 0 Å². The normalized spacial score (nSPS) is 10.4. The number of nitrogens with one attached hydrogen (secondary N) is 1. The van der Waals surface area contributed by atoms with Crippen LogP contribution in [0.1, 0.15) is 11.1 Å². The van der Waals surface area contributed by atoms with E-state index in [1.807, 2.05) is 6.07 Å². The van der Waals surface area contributed by atoms with Crippen LogP contribution in [0.4, 0.5) is 17.1 Å². The molecule has 0 aliphatic carbocycles. The summed E-state index contributed by atoms with van der Waals surface area (Å²) in [7, 11) is 0. The van der Waals surface area contributed by atoms with E-state index < -0.39 is 0 Å². The van der Waals surface area contributed by atoms with Crippen LogP contribution in [-0.4, -0.2) is 0 Å². The first-order chi connectivity index (χ1) is 8.47. The van der Waals surface area contributed by atoms with E-state index in [1.54, 1.807) is 12.1 Å². The van der Waals surface area contributed by atoms with Crippen molar-refractivity contribution in [3.05, 3.63) is 51.5 Å². The van der Waals surface area contributed by atoms with Gasteiger partial charge in [-0.05, 0) is 49.2 Å². The average Bonchev–Trinajstić information content (AvgIpc) is 2.31. The molecule has 0 unspecified atom stereocenters. The van der Waals surface area contributed by atoms with Gasteiger partial charge in [0.2, 0.25) is 0 Å². The fourth-order valence-electron chi connectivity index (χ4n) is 1.65. The highest BCUT2D eigenvalue weighted by Crippen LogP contribution is 2.32. The first-order valence-corrected chi connectivity index (χ1v) is 6.32. The third-order valence-electron chi connectivity index (χ3n) is 2.88. The van der Waals surface area contributed by atoms with Gasteiger partial charge in [0.25, 0.3) is 0 Å². The van der Waals surface area contributed by atoms with E-state index in [-0.39, 0.29) is 0 Å². The van der Waals surface area contributed by atoms with Gasteiger partial charge in [-0.3, -0.25) is 0 Å². The highest BCUT2D eigenvalue weighted by molar-refractivity contribution is 6.42. The maximum Gasteiger partial charge on any atom is 0.0633 e. The van der Waals surface area contributed by atoms with Crippen molar-refractivity contribution in [2.45, 2.75) is 13.8 Å². The third-order valence-corrected chi connectivity index (χ3v) is 3.60. The van der Waals surface area contributed by atoms with Gasteiger partial charge in [-0.1, -0.05) is 29.3 Å². The van der Waals surface area contributed by atoms with Crippen LogP contribution in [0.15, 0.2) is 30.3 Å². The lowest BCUT2D eigenvalue weighted by atomic mass is 10.1. The molecular formula is C14H14Cl2N2.